The van der Waals surface area contributed by atoms with Crippen LogP contribution in [0.4, 0.5) is 17.1 Å². The lowest BCUT2D eigenvalue weighted by Crippen LogP contribution is -2.14. The number of carbonyl (C=O) groups excluding carboxylic acids is 2. The van der Waals surface area contributed by atoms with Crippen molar-refractivity contribution in [2.24, 2.45) is 0 Å². The quantitative estimate of drug-likeness (QED) is 0.669. The van der Waals surface area contributed by atoms with Crippen LogP contribution < -0.4 is 10.6 Å². The van der Waals surface area contributed by atoms with Crippen LogP contribution in [0.2, 0.25) is 0 Å². The van der Waals surface area contributed by atoms with Crippen molar-refractivity contribution >= 4 is 28.9 Å². The number of amides is 2. The van der Waals surface area contributed by atoms with Crippen LogP contribution >= 0.6 is 0 Å². The van der Waals surface area contributed by atoms with E-state index in [1.165, 1.54) is 25.1 Å². The van der Waals surface area contributed by atoms with Crippen molar-refractivity contribution in [2.45, 2.75) is 6.92 Å². The van der Waals surface area contributed by atoms with E-state index in [2.05, 4.69) is 10.6 Å². The molecule has 0 aromatic heterocycles. The normalized spacial score (nSPS) is 9.86. The molecule has 2 rings (SSSR count). The second-order valence-electron chi connectivity index (χ2n) is 4.49. The van der Waals surface area contributed by atoms with Crippen molar-refractivity contribution in [3.63, 3.8) is 0 Å². The first kappa shape index (κ1) is 15.2. The van der Waals surface area contributed by atoms with Gasteiger partial charge < -0.3 is 10.6 Å². The average molecular weight is 299 g/mol. The van der Waals surface area contributed by atoms with Gasteiger partial charge in [0, 0.05) is 24.4 Å². The minimum atomic E-state index is -0.602. The van der Waals surface area contributed by atoms with E-state index in [9.17, 15) is 19.7 Å². The molecule has 0 unspecified atom stereocenters. The van der Waals surface area contributed by atoms with Gasteiger partial charge in [0.2, 0.25) is 5.91 Å². The zero-order chi connectivity index (χ0) is 16.1. The van der Waals surface area contributed by atoms with Gasteiger partial charge in [0.15, 0.2) is 0 Å². The zero-order valence-corrected chi connectivity index (χ0v) is 11.7. The molecule has 0 radical (unpaired) electrons. The van der Waals surface area contributed by atoms with Crippen LogP contribution in [0.5, 0.6) is 0 Å². The topological polar surface area (TPSA) is 101 Å². The summed E-state index contributed by atoms with van der Waals surface area (Å²) in [6.07, 6.45) is 0. The lowest BCUT2D eigenvalue weighted by Gasteiger charge is -2.07. The Morgan fingerprint density at radius 3 is 2.05 bits per heavy atom. The van der Waals surface area contributed by atoms with Gasteiger partial charge in [-0.05, 0) is 30.3 Å². The summed E-state index contributed by atoms with van der Waals surface area (Å²) in [5.74, 6) is -0.767. The third-order valence-electron chi connectivity index (χ3n) is 2.81. The van der Waals surface area contributed by atoms with E-state index in [4.69, 9.17) is 0 Å². The van der Waals surface area contributed by atoms with Crippen molar-refractivity contribution in [3.8, 4) is 0 Å². The van der Waals surface area contributed by atoms with E-state index in [1.807, 2.05) is 0 Å². The number of benzene rings is 2. The summed E-state index contributed by atoms with van der Waals surface area (Å²) in [5.41, 5.74) is 0.793. The number of para-hydroxylation sites is 1. The third kappa shape index (κ3) is 3.66. The molecule has 0 aliphatic heterocycles. The van der Waals surface area contributed by atoms with Crippen molar-refractivity contribution in [1.29, 1.82) is 0 Å². The molecule has 2 aromatic carbocycles. The number of nitro benzene ring substituents is 1. The van der Waals surface area contributed by atoms with Gasteiger partial charge in [0.1, 0.15) is 5.56 Å². The second kappa shape index (κ2) is 6.49. The summed E-state index contributed by atoms with van der Waals surface area (Å²) >= 11 is 0. The first-order valence-electron chi connectivity index (χ1n) is 6.40. The highest BCUT2D eigenvalue weighted by atomic mass is 16.6. The molecule has 0 saturated heterocycles. The third-order valence-corrected chi connectivity index (χ3v) is 2.81. The van der Waals surface area contributed by atoms with Crippen LogP contribution in [0.15, 0.2) is 48.5 Å². The first-order valence-corrected chi connectivity index (χ1v) is 6.40. The van der Waals surface area contributed by atoms with Gasteiger partial charge in [-0.1, -0.05) is 12.1 Å². The highest BCUT2D eigenvalue weighted by Crippen LogP contribution is 2.20. The summed E-state index contributed by atoms with van der Waals surface area (Å²) in [6.45, 7) is 1.39. The monoisotopic (exact) mass is 299 g/mol. The molecule has 7 heteroatoms. The molecular formula is C15H13N3O4. The van der Waals surface area contributed by atoms with Gasteiger partial charge in [-0.15, -0.1) is 0 Å². The highest BCUT2D eigenvalue weighted by Gasteiger charge is 2.19. The number of hydrogen-bond acceptors (Lipinski definition) is 4. The molecule has 0 atom stereocenters. The molecule has 0 bridgehead atoms. The van der Waals surface area contributed by atoms with Crippen molar-refractivity contribution in [2.75, 3.05) is 10.6 Å². The zero-order valence-electron chi connectivity index (χ0n) is 11.7. The Labute approximate surface area is 126 Å². The number of nitrogens with zero attached hydrogens (tertiary/aromatic N) is 1. The van der Waals surface area contributed by atoms with E-state index >= 15 is 0 Å². The van der Waals surface area contributed by atoms with Gasteiger partial charge in [0.25, 0.3) is 11.6 Å². The molecule has 0 aliphatic carbocycles. The van der Waals surface area contributed by atoms with Gasteiger partial charge >= 0.3 is 0 Å². The maximum atomic E-state index is 12.1. The molecule has 0 fully saturated rings. The lowest BCUT2D eigenvalue weighted by atomic mass is 10.1. The van der Waals surface area contributed by atoms with Crippen LogP contribution in [0.1, 0.15) is 17.3 Å². The lowest BCUT2D eigenvalue weighted by molar-refractivity contribution is -0.385. The number of anilines is 2. The van der Waals surface area contributed by atoms with E-state index in [0.717, 1.165) is 0 Å². The second-order valence-corrected chi connectivity index (χ2v) is 4.49. The van der Waals surface area contributed by atoms with Crippen LogP contribution in [-0.2, 0) is 4.79 Å². The molecular weight excluding hydrogens is 286 g/mol. The largest absolute Gasteiger partial charge is 0.326 e. The number of rotatable bonds is 4. The molecule has 2 N–H and O–H groups in total. The van der Waals surface area contributed by atoms with Crippen molar-refractivity contribution in [3.05, 3.63) is 64.2 Å². The average Bonchev–Trinajstić information content (AvgIpc) is 2.48. The summed E-state index contributed by atoms with van der Waals surface area (Å²) in [4.78, 5) is 33.3. The number of hydrogen-bond donors (Lipinski definition) is 2. The molecule has 0 aliphatic rings. The predicted molar refractivity (Wildman–Crippen MR) is 81.8 cm³/mol. The first-order chi connectivity index (χ1) is 10.5. The fraction of sp³-hybridized carbons (Fsp3) is 0.0667. The van der Waals surface area contributed by atoms with Crippen molar-refractivity contribution < 1.29 is 14.5 Å². The minimum absolute atomic E-state index is 0.0153. The maximum absolute atomic E-state index is 12.1. The maximum Gasteiger partial charge on any atom is 0.282 e. The Hall–Kier alpha value is -3.22. The van der Waals surface area contributed by atoms with Crippen LogP contribution in [-0.4, -0.2) is 16.7 Å². The Morgan fingerprint density at radius 2 is 1.50 bits per heavy atom. The Balaban J connectivity index is 2.15. The summed E-state index contributed by atoms with van der Waals surface area (Å²) in [5, 5.41) is 16.1. The molecule has 0 saturated carbocycles. The van der Waals surface area contributed by atoms with Gasteiger partial charge in [0.05, 0.1) is 4.92 Å². The molecule has 2 amide bonds. The molecule has 7 nitrogen and oxygen atoms in total. The summed E-state index contributed by atoms with van der Waals surface area (Å²) < 4.78 is 0. The Bertz CT molecular complexity index is 726. The Kier molecular flexibility index (Phi) is 4.47. The SMILES string of the molecule is CC(=O)Nc1ccc(NC(=O)c2ccccc2[N+](=O)[O-])cc1. The van der Waals surface area contributed by atoms with Crippen LogP contribution in [0.3, 0.4) is 0 Å². The molecule has 22 heavy (non-hydrogen) atoms. The standard InChI is InChI=1S/C15H13N3O4/c1-10(19)16-11-6-8-12(9-7-11)17-15(20)13-4-2-3-5-14(13)18(21)22/h2-9H,1H3,(H,16,19)(H,17,20). The molecule has 0 heterocycles. The smallest absolute Gasteiger partial charge is 0.282 e. The van der Waals surface area contributed by atoms with Crippen molar-refractivity contribution in [1.82, 2.24) is 0 Å². The predicted octanol–water partition coefficient (Wildman–Crippen LogP) is 2.81. The van der Waals surface area contributed by atoms with Crippen LogP contribution in [0.25, 0.3) is 0 Å². The highest BCUT2D eigenvalue weighted by molar-refractivity contribution is 6.07. The van der Waals surface area contributed by atoms with Crippen LogP contribution in [0, 0.1) is 10.1 Å². The fourth-order valence-corrected chi connectivity index (χ4v) is 1.86. The summed E-state index contributed by atoms with van der Waals surface area (Å²) in [6, 6.07) is 12.1. The summed E-state index contributed by atoms with van der Waals surface area (Å²) in [7, 11) is 0. The number of carbonyl (C=O) groups is 2. The van der Waals surface area contributed by atoms with Gasteiger partial charge in [-0.3, -0.25) is 19.7 Å². The van der Waals surface area contributed by atoms with E-state index in [1.54, 1.807) is 30.3 Å². The number of nitrogens with one attached hydrogen (secondary N) is 2. The van der Waals surface area contributed by atoms with E-state index in [0.29, 0.717) is 11.4 Å². The number of nitro groups is 1. The van der Waals surface area contributed by atoms with E-state index in [-0.39, 0.29) is 17.2 Å². The van der Waals surface area contributed by atoms with E-state index < -0.39 is 10.8 Å². The van der Waals surface area contributed by atoms with Gasteiger partial charge in [-0.25, -0.2) is 0 Å². The Morgan fingerprint density at radius 1 is 0.955 bits per heavy atom. The van der Waals surface area contributed by atoms with Gasteiger partial charge in [-0.2, -0.15) is 0 Å². The fourth-order valence-electron chi connectivity index (χ4n) is 1.86. The minimum Gasteiger partial charge on any atom is -0.326 e. The molecule has 0 spiro atoms. The molecule has 112 valence electrons. The molecule has 2 aromatic rings.